The summed E-state index contributed by atoms with van der Waals surface area (Å²) >= 11 is 0. The summed E-state index contributed by atoms with van der Waals surface area (Å²) in [5.41, 5.74) is 7.13. The monoisotopic (exact) mass is 251 g/mol. The predicted octanol–water partition coefficient (Wildman–Crippen LogP) is 2.27. The third-order valence-electron chi connectivity index (χ3n) is 3.91. The second-order valence-electron chi connectivity index (χ2n) is 4.75. The Morgan fingerprint density at radius 1 is 1.06 bits per heavy atom. The molecule has 0 amide bonds. The number of ether oxygens (including phenoxy) is 3. The van der Waals surface area contributed by atoms with Gasteiger partial charge in [0.15, 0.2) is 0 Å². The van der Waals surface area contributed by atoms with E-state index in [1.165, 1.54) is 6.42 Å². The maximum Gasteiger partial charge on any atom is 0.122 e. The van der Waals surface area contributed by atoms with Gasteiger partial charge in [-0.3, -0.25) is 0 Å². The van der Waals surface area contributed by atoms with Crippen molar-refractivity contribution < 1.29 is 14.2 Å². The minimum atomic E-state index is -0.225. The quantitative estimate of drug-likeness (QED) is 0.872. The highest BCUT2D eigenvalue weighted by atomic mass is 16.5. The SMILES string of the molecule is COc1cc(OC)cc(C(N)C2(OC)CCC2)c1. The van der Waals surface area contributed by atoms with Crippen LogP contribution in [-0.2, 0) is 4.74 Å². The summed E-state index contributed by atoms with van der Waals surface area (Å²) in [7, 11) is 5.01. The van der Waals surface area contributed by atoms with E-state index < -0.39 is 0 Å². The van der Waals surface area contributed by atoms with Crippen LogP contribution in [0.5, 0.6) is 11.5 Å². The van der Waals surface area contributed by atoms with Gasteiger partial charge in [0.05, 0.1) is 25.9 Å². The zero-order valence-electron chi connectivity index (χ0n) is 11.2. The molecule has 1 aromatic rings. The smallest absolute Gasteiger partial charge is 0.122 e. The predicted molar refractivity (Wildman–Crippen MR) is 70.1 cm³/mol. The Labute approximate surface area is 108 Å². The Balaban J connectivity index is 2.31. The van der Waals surface area contributed by atoms with E-state index in [9.17, 15) is 0 Å². The van der Waals surface area contributed by atoms with Crippen LogP contribution in [0.15, 0.2) is 18.2 Å². The highest BCUT2D eigenvalue weighted by Crippen LogP contribution is 2.44. The first kappa shape index (κ1) is 13.2. The van der Waals surface area contributed by atoms with Crippen molar-refractivity contribution >= 4 is 0 Å². The molecule has 2 rings (SSSR count). The lowest BCUT2D eigenvalue weighted by Gasteiger charge is -2.45. The molecule has 1 unspecified atom stereocenters. The molecule has 0 radical (unpaired) electrons. The van der Waals surface area contributed by atoms with Crippen molar-refractivity contribution in [3.05, 3.63) is 23.8 Å². The molecule has 1 fully saturated rings. The van der Waals surface area contributed by atoms with E-state index in [-0.39, 0.29) is 11.6 Å². The van der Waals surface area contributed by atoms with Crippen LogP contribution in [0.1, 0.15) is 30.9 Å². The van der Waals surface area contributed by atoms with Crippen molar-refractivity contribution in [2.75, 3.05) is 21.3 Å². The van der Waals surface area contributed by atoms with Crippen LogP contribution >= 0.6 is 0 Å². The summed E-state index contributed by atoms with van der Waals surface area (Å²) in [6.07, 6.45) is 3.18. The minimum Gasteiger partial charge on any atom is -0.497 e. The van der Waals surface area contributed by atoms with Crippen LogP contribution in [0.3, 0.4) is 0 Å². The Hall–Kier alpha value is -1.26. The third kappa shape index (κ3) is 2.18. The van der Waals surface area contributed by atoms with Gasteiger partial charge in [-0.15, -0.1) is 0 Å². The number of rotatable bonds is 5. The van der Waals surface area contributed by atoms with Gasteiger partial charge in [-0.2, -0.15) is 0 Å². The fourth-order valence-corrected chi connectivity index (χ4v) is 2.48. The van der Waals surface area contributed by atoms with Gasteiger partial charge in [-0.1, -0.05) is 0 Å². The summed E-state index contributed by atoms with van der Waals surface area (Å²) < 4.78 is 16.2. The summed E-state index contributed by atoms with van der Waals surface area (Å²) in [5.74, 6) is 1.51. The van der Waals surface area contributed by atoms with E-state index in [2.05, 4.69) is 0 Å². The molecule has 0 aromatic heterocycles. The van der Waals surface area contributed by atoms with Crippen LogP contribution in [0.2, 0.25) is 0 Å². The molecule has 18 heavy (non-hydrogen) atoms. The molecule has 2 N–H and O–H groups in total. The van der Waals surface area contributed by atoms with E-state index >= 15 is 0 Å². The van der Waals surface area contributed by atoms with Crippen LogP contribution in [0.25, 0.3) is 0 Å². The van der Waals surface area contributed by atoms with Gasteiger partial charge in [0.1, 0.15) is 11.5 Å². The fraction of sp³-hybridized carbons (Fsp3) is 0.571. The number of hydrogen-bond donors (Lipinski definition) is 1. The van der Waals surface area contributed by atoms with Crippen molar-refractivity contribution in [3.63, 3.8) is 0 Å². The lowest BCUT2D eigenvalue weighted by molar-refractivity contribution is -0.0912. The zero-order valence-corrected chi connectivity index (χ0v) is 11.2. The van der Waals surface area contributed by atoms with Gasteiger partial charge in [-0.25, -0.2) is 0 Å². The highest BCUT2D eigenvalue weighted by molar-refractivity contribution is 5.40. The third-order valence-corrected chi connectivity index (χ3v) is 3.91. The summed E-state index contributed by atoms with van der Waals surface area (Å²) in [4.78, 5) is 0. The van der Waals surface area contributed by atoms with E-state index in [1.807, 2.05) is 18.2 Å². The number of hydrogen-bond acceptors (Lipinski definition) is 4. The molecule has 0 saturated heterocycles. The lowest BCUT2D eigenvalue weighted by atomic mass is 9.72. The van der Waals surface area contributed by atoms with Crippen molar-refractivity contribution in [1.82, 2.24) is 0 Å². The van der Waals surface area contributed by atoms with Gasteiger partial charge in [0.2, 0.25) is 0 Å². The largest absolute Gasteiger partial charge is 0.497 e. The van der Waals surface area contributed by atoms with E-state index in [4.69, 9.17) is 19.9 Å². The number of nitrogens with two attached hydrogens (primary N) is 1. The van der Waals surface area contributed by atoms with Gasteiger partial charge < -0.3 is 19.9 Å². The van der Waals surface area contributed by atoms with Gasteiger partial charge >= 0.3 is 0 Å². The first-order valence-electron chi connectivity index (χ1n) is 6.19. The Morgan fingerprint density at radius 3 is 1.94 bits per heavy atom. The maximum atomic E-state index is 6.36. The van der Waals surface area contributed by atoms with E-state index in [1.54, 1.807) is 21.3 Å². The second kappa shape index (κ2) is 5.16. The molecule has 4 nitrogen and oxygen atoms in total. The molecule has 1 aliphatic rings. The second-order valence-corrected chi connectivity index (χ2v) is 4.75. The molecule has 100 valence electrons. The molecule has 1 aromatic carbocycles. The highest BCUT2D eigenvalue weighted by Gasteiger charge is 2.43. The van der Waals surface area contributed by atoms with Crippen LogP contribution in [0, 0.1) is 0 Å². The minimum absolute atomic E-state index is 0.153. The molecule has 1 aliphatic carbocycles. The Morgan fingerprint density at radius 2 is 1.61 bits per heavy atom. The first-order chi connectivity index (χ1) is 8.65. The van der Waals surface area contributed by atoms with Crippen molar-refractivity contribution in [2.45, 2.75) is 30.9 Å². The summed E-state index contributed by atoms with van der Waals surface area (Å²) in [5, 5.41) is 0. The topological polar surface area (TPSA) is 53.7 Å². The average molecular weight is 251 g/mol. The zero-order chi connectivity index (χ0) is 13.2. The molecule has 4 heteroatoms. The van der Waals surface area contributed by atoms with E-state index in [0.717, 1.165) is 29.9 Å². The van der Waals surface area contributed by atoms with Crippen LogP contribution in [0.4, 0.5) is 0 Å². The molecular formula is C14H21NO3. The lowest BCUT2D eigenvalue weighted by Crippen LogP contribution is -2.48. The number of methoxy groups -OCH3 is 3. The van der Waals surface area contributed by atoms with Gasteiger partial charge in [-0.05, 0) is 37.0 Å². The molecule has 0 heterocycles. The summed E-state index contributed by atoms with van der Waals surface area (Å²) in [6, 6.07) is 5.59. The molecule has 0 bridgehead atoms. The van der Waals surface area contributed by atoms with Crippen LogP contribution < -0.4 is 15.2 Å². The fourth-order valence-electron chi connectivity index (χ4n) is 2.48. The Kier molecular flexibility index (Phi) is 3.78. The van der Waals surface area contributed by atoms with Gasteiger partial charge in [0, 0.05) is 13.2 Å². The van der Waals surface area contributed by atoms with Crippen molar-refractivity contribution in [3.8, 4) is 11.5 Å². The standard InChI is InChI=1S/C14H21NO3/c1-16-11-7-10(8-12(9-11)17-2)13(15)14(18-3)5-4-6-14/h7-9,13H,4-6,15H2,1-3H3. The van der Waals surface area contributed by atoms with Crippen molar-refractivity contribution in [1.29, 1.82) is 0 Å². The number of benzene rings is 1. The molecule has 1 saturated carbocycles. The Bertz CT molecular complexity index is 388. The molecule has 0 aliphatic heterocycles. The molecular weight excluding hydrogens is 230 g/mol. The van der Waals surface area contributed by atoms with E-state index in [0.29, 0.717) is 0 Å². The van der Waals surface area contributed by atoms with Crippen molar-refractivity contribution in [2.24, 2.45) is 5.73 Å². The maximum absolute atomic E-state index is 6.36. The summed E-state index contributed by atoms with van der Waals surface area (Å²) in [6.45, 7) is 0. The molecule has 0 spiro atoms. The average Bonchev–Trinajstić information content (AvgIpc) is 2.37. The van der Waals surface area contributed by atoms with Crippen LogP contribution in [-0.4, -0.2) is 26.9 Å². The first-order valence-corrected chi connectivity index (χ1v) is 6.19. The molecule has 1 atom stereocenters. The normalized spacial score (nSPS) is 18.9. The van der Waals surface area contributed by atoms with Gasteiger partial charge in [0.25, 0.3) is 0 Å².